The van der Waals surface area contributed by atoms with Gasteiger partial charge in [0, 0.05) is 17.3 Å². The van der Waals surface area contributed by atoms with E-state index in [1.807, 2.05) is 36.4 Å². The van der Waals surface area contributed by atoms with Crippen molar-refractivity contribution < 1.29 is 0 Å². The van der Waals surface area contributed by atoms with E-state index in [9.17, 15) is 0 Å². The van der Waals surface area contributed by atoms with Gasteiger partial charge >= 0.3 is 0 Å². The zero-order chi connectivity index (χ0) is 16.2. The normalized spacial score (nSPS) is 13.2. The molecule has 1 aliphatic heterocycles. The lowest BCUT2D eigenvalue weighted by atomic mass is 10.0. The highest BCUT2D eigenvalue weighted by Gasteiger charge is 2.05. The summed E-state index contributed by atoms with van der Waals surface area (Å²) in [5.74, 6) is 0. The zero-order valence-corrected chi connectivity index (χ0v) is 13.6. The number of benzene rings is 3. The van der Waals surface area contributed by atoms with Crippen molar-refractivity contribution in [2.75, 3.05) is 6.54 Å². The third-order valence-electron chi connectivity index (χ3n) is 4.43. The minimum Gasteiger partial charge on any atom is -0.312 e. The fourth-order valence-electron chi connectivity index (χ4n) is 3.14. The van der Waals surface area contributed by atoms with Gasteiger partial charge < -0.3 is 5.32 Å². The van der Waals surface area contributed by atoms with Crippen LogP contribution in [0.25, 0.3) is 21.8 Å². The molecule has 0 bridgehead atoms. The smallest absolute Gasteiger partial charge is 0.0709 e. The molecule has 1 aliphatic rings. The van der Waals surface area contributed by atoms with E-state index >= 15 is 0 Å². The molecule has 2 heteroatoms. The minimum absolute atomic E-state index is 1.05. The van der Waals surface area contributed by atoms with E-state index in [2.05, 4.69) is 52.8 Å². The Morgan fingerprint density at radius 2 is 1.25 bits per heavy atom. The van der Waals surface area contributed by atoms with E-state index < -0.39 is 0 Å². The van der Waals surface area contributed by atoms with Gasteiger partial charge in [0.15, 0.2) is 0 Å². The average Bonchev–Trinajstić information content (AvgIpc) is 2.67. The van der Waals surface area contributed by atoms with E-state index in [0.29, 0.717) is 0 Å². The molecule has 2 heterocycles. The molecule has 2 nitrogen and oxygen atoms in total. The van der Waals surface area contributed by atoms with E-state index in [-0.39, 0.29) is 0 Å². The SMILES string of the molecule is c1ccc2c(c1)CCNC2.c1ccc2nc3ccccc3cc2c1. The fourth-order valence-corrected chi connectivity index (χ4v) is 3.14. The Morgan fingerprint density at radius 1 is 0.667 bits per heavy atom. The molecule has 4 aromatic rings. The Morgan fingerprint density at radius 3 is 1.92 bits per heavy atom. The summed E-state index contributed by atoms with van der Waals surface area (Å²) in [4.78, 5) is 4.58. The lowest BCUT2D eigenvalue weighted by Gasteiger charge is -2.15. The molecule has 5 rings (SSSR count). The molecule has 1 N–H and O–H groups in total. The van der Waals surface area contributed by atoms with E-state index in [1.165, 1.54) is 28.3 Å². The highest BCUT2D eigenvalue weighted by Crippen LogP contribution is 2.18. The third kappa shape index (κ3) is 3.15. The average molecular weight is 312 g/mol. The number of aromatic nitrogens is 1. The summed E-state index contributed by atoms with van der Waals surface area (Å²) in [5.41, 5.74) is 5.10. The molecule has 118 valence electrons. The number of hydrogen-bond donors (Lipinski definition) is 1. The van der Waals surface area contributed by atoms with Gasteiger partial charge in [0.05, 0.1) is 11.0 Å². The molecular weight excluding hydrogens is 292 g/mol. The lowest BCUT2D eigenvalue weighted by molar-refractivity contribution is 0.644. The van der Waals surface area contributed by atoms with Crippen LogP contribution in [-0.4, -0.2) is 11.5 Å². The number of hydrogen-bond acceptors (Lipinski definition) is 2. The molecule has 3 aromatic carbocycles. The quantitative estimate of drug-likeness (QED) is 0.475. The van der Waals surface area contributed by atoms with Crippen LogP contribution < -0.4 is 5.32 Å². The molecule has 1 aromatic heterocycles. The Hall–Kier alpha value is -2.71. The maximum atomic E-state index is 4.58. The molecule has 0 unspecified atom stereocenters. The molecule has 0 atom stereocenters. The highest BCUT2D eigenvalue weighted by molar-refractivity contribution is 5.92. The van der Waals surface area contributed by atoms with E-state index in [4.69, 9.17) is 0 Å². The number of para-hydroxylation sites is 2. The maximum absolute atomic E-state index is 4.58. The predicted octanol–water partition coefficient (Wildman–Crippen LogP) is 4.72. The maximum Gasteiger partial charge on any atom is 0.0709 e. The van der Waals surface area contributed by atoms with Crippen LogP contribution >= 0.6 is 0 Å². The Bertz CT molecular complexity index is 845. The van der Waals surface area contributed by atoms with Crippen LogP contribution in [0.15, 0.2) is 78.9 Å². The van der Waals surface area contributed by atoms with Crippen LogP contribution in [0, 0.1) is 0 Å². The van der Waals surface area contributed by atoms with Gasteiger partial charge in [-0.05, 0) is 42.3 Å². The summed E-state index contributed by atoms with van der Waals surface area (Å²) < 4.78 is 0. The first-order chi connectivity index (χ1) is 11.9. The first-order valence-electron chi connectivity index (χ1n) is 8.42. The number of rotatable bonds is 0. The van der Waals surface area contributed by atoms with Crippen LogP contribution in [-0.2, 0) is 13.0 Å². The minimum atomic E-state index is 1.05. The number of pyridine rings is 1. The summed E-state index contributed by atoms with van der Waals surface area (Å²) in [7, 11) is 0. The topological polar surface area (TPSA) is 24.9 Å². The number of nitrogens with one attached hydrogen (secondary N) is 1. The van der Waals surface area contributed by atoms with Gasteiger partial charge in [-0.15, -0.1) is 0 Å². The second-order valence-electron chi connectivity index (χ2n) is 6.07. The van der Waals surface area contributed by atoms with Crippen molar-refractivity contribution >= 4 is 21.8 Å². The molecule has 0 saturated heterocycles. The summed E-state index contributed by atoms with van der Waals surface area (Å²) >= 11 is 0. The zero-order valence-electron chi connectivity index (χ0n) is 13.6. The molecule has 0 radical (unpaired) electrons. The summed E-state index contributed by atoms with van der Waals surface area (Å²) in [5, 5.41) is 5.74. The second-order valence-corrected chi connectivity index (χ2v) is 6.07. The Balaban J connectivity index is 0.000000129. The largest absolute Gasteiger partial charge is 0.312 e. The van der Waals surface area contributed by atoms with Gasteiger partial charge in [-0.25, -0.2) is 4.98 Å². The Labute approximate surface area is 142 Å². The van der Waals surface area contributed by atoms with Crippen LogP contribution in [0.1, 0.15) is 11.1 Å². The fraction of sp³-hybridized carbons (Fsp3) is 0.136. The van der Waals surface area contributed by atoms with Crippen LogP contribution in [0.4, 0.5) is 0 Å². The lowest BCUT2D eigenvalue weighted by Crippen LogP contribution is -2.23. The highest BCUT2D eigenvalue weighted by atomic mass is 14.9. The van der Waals surface area contributed by atoms with Gasteiger partial charge in [0.2, 0.25) is 0 Å². The van der Waals surface area contributed by atoms with E-state index in [0.717, 1.165) is 24.1 Å². The standard InChI is InChI=1S/C13H9N.C9H11N/c1-3-7-12-10(5-1)9-11-6-2-4-8-13(11)14-12;1-2-4-9-7-10-6-5-8(9)3-1/h1-9H;1-4,10H,5-7H2. The summed E-state index contributed by atoms with van der Waals surface area (Å²) in [6, 6.07) is 27.2. The van der Waals surface area contributed by atoms with Crippen molar-refractivity contribution in [3.63, 3.8) is 0 Å². The van der Waals surface area contributed by atoms with Crippen molar-refractivity contribution in [2.24, 2.45) is 0 Å². The first-order valence-corrected chi connectivity index (χ1v) is 8.42. The van der Waals surface area contributed by atoms with Crippen LogP contribution in [0.3, 0.4) is 0 Å². The third-order valence-corrected chi connectivity index (χ3v) is 4.43. The van der Waals surface area contributed by atoms with Gasteiger partial charge in [0.1, 0.15) is 0 Å². The molecule has 0 saturated carbocycles. The summed E-state index contributed by atoms with van der Waals surface area (Å²) in [6.07, 6.45) is 1.19. The van der Waals surface area contributed by atoms with Crippen molar-refractivity contribution in [1.29, 1.82) is 0 Å². The van der Waals surface area contributed by atoms with E-state index in [1.54, 1.807) is 0 Å². The van der Waals surface area contributed by atoms with Crippen molar-refractivity contribution in [3.05, 3.63) is 90.0 Å². The Kier molecular flexibility index (Phi) is 4.22. The van der Waals surface area contributed by atoms with Gasteiger partial charge in [-0.1, -0.05) is 60.7 Å². The number of fused-ring (bicyclic) bond motifs is 3. The molecule has 24 heavy (non-hydrogen) atoms. The first kappa shape index (κ1) is 14.9. The molecule has 0 aliphatic carbocycles. The van der Waals surface area contributed by atoms with Crippen molar-refractivity contribution in [2.45, 2.75) is 13.0 Å². The number of nitrogens with zero attached hydrogens (tertiary/aromatic N) is 1. The van der Waals surface area contributed by atoms with Crippen molar-refractivity contribution in [3.8, 4) is 0 Å². The molecule has 0 fully saturated rings. The second kappa shape index (κ2) is 6.81. The molecule has 0 amide bonds. The van der Waals surface area contributed by atoms with Crippen molar-refractivity contribution in [1.82, 2.24) is 10.3 Å². The predicted molar refractivity (Wildman–Crippen MR) is 101 cm³/mol. The van der Waals surface area contributed by atoms with Gasteiger partial charge in [-0.3, -0.25) is 0 Å². The summed E-state index contributed by atoms with van der Waals surface area (Å²) in [6.45, 7) is 2.19. The monoisotopic (exact) mass is 312 g/mol. The van der Waals surface area contributed by atoms with Crippen LogP contribution in [0.2, 0.25) is 0 Å². The molecule has 0 spiro atoms. The van der Waals surface area contributed by atoms with Gasteiger partial charge in [0.25, 0.3) is 0 Å². The van der Waals surface area contributed by atoms with Crippen LogP contribution in [0.5, 0.6) is 0 Å². The van der Waals surface area contributed by atoms with Gasteiger partial charge in [-0.2, -0.15) is 0 Å². The molecular formula is C22H20N2.